The largest absolute Gasteiger partial charge is 0.368 e. The van der Waals surface area contributed by atoms with E-state index < -0.39 is 0 Å². The first-order chi connectivity index (χ1) is 8.69. The van der Waals surface area contributed by atoms with Gasteiger partial charge in [-0.1, -0.05) is 0 Å². The summed E-state index contributed by atoms with van der Waals surface area (Å²) in [5.74, 6) is 0.870. The van der Waals surface area contributed by atoms with Crippen molar-refractivity contribution in [1.29, 1.82) is 0 Å². The Kier molecular flexibility index (Phi) is 3.02. The molecule has 0 bridgehead atoms. The Bertz CT molecular complexity index is 428. The van der Waals surface area contributed by atoms with Gasteiger partial charge in [-0.3, -0.25) is 4.98 Å². The molecule has 0 amide bonds. The van der Waals surface area contributed by atoms with Crippen molar-refractivity contribution in [2.24, 2.45) is 5.92 Å². The van der Waals surface area contributed by atoms with E-state index in [1.54, 1.807) is 0 Å². The Morgan fingerprint density at radius 2 is 2.28 bits per heavy atom. The predicted octanol–water partition coefficient (Wildman–Crippen LogP) is 2.36. The third-order valence-electron chi connectivity index (χ3n) is 4.48. The van der Waals surface area contributed by atoms with E-state index in [1.165, 1.54) is 30.5 Å². The Morgan fingerprint density at radius 3 is 3.00 bits per heavy atom. The van der Waals surface area contributed by atoms with Gasteiger partial charge in [0.25, 0.3) is 0 Å². The van der Waals surface area contributed by atoms with Crippen LogP contribution in [0.2, 0.25) is 0 Å². The van der Waals surface area contributed by atoms with Gasteiger partial charge < -0.3 is 10.2 Å². The fraction of sp³-hybridized carbons (Fsp3) is 0.667. The highest BCUT2D eigenvalue weighted by atomic mass is 15.2. The van der Waals surface area contributed by atoms with Gasteiger partial charge in [-0.15, -0.1) is 0 Å². The number of hydrogen-bond donors (Lipinski definition) is 1. The number of nitrogens with zero attached hydrogens (tertiary/aromatic N) is 2. The van der Waals surface area contributed by atoms with Crippen molar-refractivity contribution in [2.45, 2.75) is 38.6 Å². The summed E-state index contributed by atoms with van der Waals surface area (Å²) in [4.78, 5) is 6.83. The Labute approximate surface area is 110 Å². The molecule has 1 N–H and O–H groups in total. The molecule has 1 atom stereocenters. The molecule has 2 heterocycles. The Hall–Kier alpha value is -1.09. The highest BCUT2D eigenvalue weighted by Gasteiger charge is 2.43. The minimum atomic E-state index is 0.290. The van der Waals surface area contributed by atoms with E-state index in [1.807, 2.05) is 12.4 Å². The monoisotopic (exact) mass is 245 g/mol. The van der Waals surface area contributed by atoms with Crippen molar-refractivity contribution in [3.63, 3.8) is 0 Å². The molecule has 1 saturated heterocycles. The van der Waals surface area contributed by atoms with Crippen molar-refractivity contribution >= 4 is 5.69 Å². The van der Waals surface area contributed by atoms with E-state index in [4.69, 9.17) is 0 Å². The molecule has 0 radical (unpaired) electrons. The average molecular weight is 245 g/mol. The zero-order valence-electron chi connectivity index (χ0n) is 11.4. The van der Waals surface area contributed by atoms with E-state index in [2.05, 4.69) is 35.1 Å². The number of aryl methyl sites for hydroxylation is 1. The quantitative estimate of drug-likeness (QED) is 0.867. The van der Waals surface area contributed by atoms with Crippen LogP contribution in [0.1, 0.15) is 31.7 Å². The van der Waals surface area contributed by atoms with E-state index in [9.17, 15) is 0 Å². The van der Waals surface area contributed by atoms with Crippen molar-refractivity contribution < 1.29 is 0 Å². The third-order valence-corrected chi connectivity index (χ3v) is 4.48. The summed E-state index contributed by atoms with van der Waals surface area (Å²) >= 11 is 0. The van der Waals surface area contributed by atoms with Crippen LogP contribution in [-0.2, 0) is 0 Å². The molecule has 1 aliphatic heterocycles. The second-order valence-corrected chi connectivity index (χ2v) is 6.06. The van der Waals surface area contributed by atoms with Gasteiger partial charge in [0.2, 0.25) is 0 Å². The van der Waals surface area contributed by atoms with Crippen LogP contribution in [0.15, 0.2) is 18.5 Å². The van der Waals surface area contributed by atoms with Gasteiger partial charge in [-0.05, 0) is 57.2 Å². The molecular formula is C15H23N3. The summed E-state index contributed by atoms with van der Waals surface area (Å²) < 4.78 is 0. The lowest BCUT2D eigenvalue weighted by Gasteiger charge is -2.35. The number of rotatable bonds is 2. The molecule has 1 aliphatic carbocycles. The minimum Gasteiger partial charge on any atom is -0.368 e. The molecular weight excluding hydrogens is 222 g/mol. The lowest BCUT2D eigenvalue weighted by atomic mass is 9.95. The standard InChI is InChI=1S/C15H23N3/c1-12-6-8-16-10-14(12)18-9-3-7-17-15(2,11-18)13-4-5-13/h6,8,10,13,17H,3-5,7,9,11H2,1-2H3. The summed E-state index contributed by atoms with van der Waals surface area (Å²) in [6, 6.07) is 2.11. The summed E-state index contributed by atoms with van der Waals surface area (Å²) in [7, 11) is 0. The van der Waals surface area contributed by atoms with Crippen LogP contribution in [0.25, 0.3) is 0 Å². The maximum absolute atomic E-state index is 4.30. The molecule has 1 aromatic rings. The van der Waals surface area contributed by atoms with Crippen LogP contribution >= 0.6 is 0 Å². The van der Waals surface area contributed by atoms with Gasteiger partial charge >= 0.3 is 0 Å². The second-order valence-electron chi connectivity index (χ2n) is 6.06. The summed E-state index contributed by atoms with van der Waals surface area (Å²) in [5.41, 5.74) is 2.94. The van der Waals surface area contributed by atoms with Crippen LogP contribution < -0.4 is 10.2 Å². The molecule has 2 aliphatic rings. The van der Waals surface area contributed by atoms with Gasteiger partial charge in [0.05, 0.1) is 11.9 Å². The van der Waals surface area contributed by atoms with E-state index in [0.29, 0.717) is 5.54 Å². The minimum absolute atomic E-state index is 0.290. The topological polar surface area (TPSA) is 28.2 Å². The molecule has 2 fully saturated rings. The first-order valence-electron chi connectivity index (χ1n) is 7.10. The summed E-state index contributed by atoms with van der Waals surface area (Å²) in [6.07, 6.45) is 7.91. The SMILES string of the molecule is Cc1ccncc1N1CCCNC(C)(C2CC2)C1. The van der Waals surface area contributed by atoms with Crippen LogP contribution in [0.4, 0.5) is 5.69 Å². The molecule has 0 spiro atoms. The molecule has 1 unspecified atom stereocenters. The Morgan fingerprint density at radius 1 is 1.44 bits per heavy atom. The molecule has 0 aromatic carbocycles. The van der Waals surface area contributed by atoms with Gasteiger partial charge in [0.1, 0.15) is 0 Å². The molecule has 1 saturated carbocycles. The van der Waals surface area contributed by atoms with Crippen LogP contribution in [0, 0.1) is 12.8 Å². The molecule has 3 nitrogen and oxygen atoms in total. The number of hydrogen-bond acceptors (Lipinski definition) is 3. The third kappa shape index (κ3) is 2.24. The van der Waals surface area contributed by atoms with E-state index in [0.717, 1.165) is 25.6 Å². The lowest BCUT2D eigenvalue weighted by molar-refractivity contribution is 0.331. The van der Waals surface area contributed by atoms with Gasteiger partial charge in [-0.2, -0.15) is 0 Å². The normalized spacial score (nSPS) is 29.1. The van der Waals surface area contributed by atoms with Crippen molar-refractivity contribution in [1.82, 2.24) is 10.3 Å². The maximum atomic E-state index is 4.30. The molecule has 98 valence electrons. The first-order valence-corrected chi connectivity index (χ1v) is 7.10. The van der Waals surface area contributed by atoms with Gasteiger partial charge in [0.15, 0.2) is 0 Å². The van der Waals surface area contributed by atoms with Crippen molar-refractivity contribution in [3.8, 4) is 0 Å². The average Bonchev–Trinajstić information content (AvgIpc) is 3.16. The molecule has 18 heavy (non-hydrogen) atoms. The zero-order valence-corrected chi connectivity index (χ0v) is 11.4. The lowest BCUT2D eigenvalue weighted by Crippen LogP contribution is -2.51. The number of pyridine rings is 1. The van der Waals surface area contributed by atoms with Gasteiger partial charge in [0, 0.05) is 24.8 Å². The number of nitrogens with one attached hydrogen (secondary N) is 1. The molecule has 1 aromatic heterocycles. The van der Waals surface area contributed by atoms with E-state index >= 15 is 0 Å². The maximum Gasteiger partial charge on any atom is 0.0583 e. The van der Waals surface area contributed by atoms with Gasteiger partial charge in [-0.25, -0.2) is 0 Å². The zero-order chi connectivity index (χ0) is 12.6. The number of anilines is 1. The fourth-order valence-electron chi connectivity index (χ4n) is 3.16. The Balaban J connectivity index is 1.85. The molecule has 3 heteroatoms. The van der Waals surface area contributed by atoms with Crippen molar-refractivity contribution in [2.75, 3.05) is 24.5 Å². The smallest absolute Gasteiger partial charge is 0.0583 e. The highest BCUT2D eigenvalue weighted by Crippen LogP contribution is 2.41. The van der Waals surface area contributed by atoms with Crippen LogP contribution in [0.5, 0.6) is 0 Å². The van der Waals surface area contributed by atoms with Crippen LogP contribution in [0.3, 0.4) is 0 Å². The summed E-state index contributed by atoms with van der Waals surface area (Å²) in [6.45, 7) is 7.98. The second kappa shape index (κ2) is 4.54. The number of aromatic nitrogens is 1. The van der Waals surface area contributed by atoms with Crippen molar-refractivity contribution in [3.05, 3.63) is 24.0 Å². The highest BCUT2D eigenvalue weighted by molar-refractivity contribution is 5.51. The first kappa shape index (κ1) is 12.0. The molecule has 3 rings (SSSR count). The van der Waals surface area contributed by atoms with E-state index in [-0.39, 0.29) is 0 Å². The predicted molar refractivity (Wildman–Crippen MR) is 74.9 cm³/mol. The fourth-order valence-corrected chi connectivity index (χ4v) is 3.16. The summed E-state index contributed by atoms with van der Waals surface area (Å²) in [5, 5.41) is 3.78. The van der Waals surface area contributed by atoms with Crippen LogP contribution in [-0.4, -0.2) is 30.2 Å².